The van der Waals surface area contributed by atoms with Gasteiger partial charge in [0.25, 0.3) is 0 Å². The van der Waals surface area contributed by atoms with E-state index in [9.17, 15) is 17.6 Å². The van der Waals surface area contributed by atoms with Gasteiger partial charge in [-0.2, -0.15) is 0 Å². The number of nitrogens with one attached hydrogen (secondary N) is 2. The number of benzene rings is 2. The highest BCUT2D eigenvalue weighted by molar-refractivity contribution is 7.92. The zero-order chi connectivity index (χ0) is 19.2. The molecule has 2 rings (SSSR count). The van der Waals surface area contributed by atoms with Gasteiger partial charge in [-0.3, -0.25) is 9.52 Å². The summed E-state index contributed by atoms with van der Waals surface area (Å²) in [6.45, 7) is 1.73. The lowest BCUT2D eigenvalue weighted by molar-refractivity contribution is -0.124. The minimum absolute atomic E-state index is 0.201. The number of carbonyl (C=O) groups is 1. The predicted molar refractivity (Wildman–Crippen MR) is 97.8 cm³/mol. The molecule has 0 radical (unpaired) electrons. The second-order valence-corrected chi connectivity index (χ2v) is 7.63. The van der Waals surface area contributed by atoms with E-state index in [4.69, 9.17) is 4.74 Å². The molecule has 0 aliphatic carbocycles. The summed E-state index contributed by atoms with van der Waals surface area (Å²) in [5, 5.41) is 2.65. The van der Waals surface area contributed by atoms with E-state index in [1.54, 1.807) is 36.4 Å². The molecule has 2 aromatic rings. The van der Waals surface area contributed by atoms with E-state index >= 15 is 0 Å². The minimum Gasteiger partial charge on any atom is -0.497 e. The van der Waals surface area contributed by atoms with Crippen LogP contribution in [0.25, 0.3) is 0 Å². The first-order valence-electron chi connectivity index (χ1n) is 7.96. The molecule has 1 unspecified atom stereocenters. The van der Waals surface area contributed by atoms with Gasteiger partial charge in [0.1, 0.15) is 11.6 Å². The number of halogens is 1. The molecule has 6 nitrogen and oxygen atoms in total. The van der Waals surface area contributed by atoms with Gasteiger partial charge in [0.15, 0.2) is 0 Å². The molecular formula is C18H21FN2O4S. The molecule has 0 saturated carbocycles. The van der Waals surface area contributed by atoms with E-state index in [-0.39, 0.29) is 18.1 Å². The number of sulfonamides is 1. The highest BCUT2D eigenvalue weighted by atomic mass is 32.2. The lowest BCUT2D eigenvalue weighted by atomic mass is 10.2. The Balaban J connectivity index is 1.90. The van der Waals surface area contributed by atoms with Gasteiger partial charge in [-0.1, -0.05) is 25.1 Å². The van der Waals surface area contributed by atoms with Gasteiger partial charge in [0, 0.05) is 12.6 Å². The van der Waals surface area contributed by atoms with Crippen molar-refractivity contribution in [1.82, 2.24) is 5.32 Å². The number of ether oxygens (including phenoxy) is 1. The summed E-state index contributed by atoms with van der Waals surface area (Å²) in [6, 6.07) is 12.2. The maximum atomic E-state index is 12.9. The van der Waals surface area contributed by atoms with Crippen molar-refractivity contribution >= 4 is 21.6 Å². The van der Waals surface area contributed by atoms with Crippen LogP contribution in [-0.2, 0) is 21.4 Å². The van der Waals surface area contributed by atoms with Crippen molar-refractivity contribution in [2.45, 2.75) is 13.5 Å². The molecular weight excluding hydrogens is 359 g/mol. The van der Waals surface area contributed by atoms with Gasteiger partial charge in [-0.05, 0) is 29.8 Å². The molecule has 2 N–H and O–H groups in total. The smallest absolute Gasteiger partial charge is 0.233 e. The largest absolute Gasteiger partial charge is 0.497 e. The van der Waals surface area contributed by atoms with Gasteiger partial charge in [-0.15, -0.1) is 0 Å². The molecule has 0 bridgehead atoms. The predicted octanol–water partition coefficient (Wildman–Crippen LogP) is 2.53. The second kappa shape index (κ2) is 8.66. The monoisotopic (exact) mass is 380 g/mol. The van der Waals surface area contributed by atoms with Crippen molar-refractivity contribution in [1.29, 1.82) is 0 Å². The second-order valence-electron chi connectivity index (χ2n) is 5.86. The summed E-state index contributed by atoms with van der Waals surface area (Å²) in [5.74, 6) is -1.35. The molecule has 0 aromatic heterocycles. The van der Waals surface area contributed by atoms with Crippen LogP contribution >= 0.6 is 0 Å². The first-order valence-corrected chi connectivity index (χ1v) is 9.61. The molecule has 1 atom stereocenters. The van der Waals surface area contributed by atoms with Crippen LogP contribution < -0.4 is 14.8 Å². The van der Waals surface area contributed by atoms with E-state index < -0.39 is 21.8 Å². The Labute approximate surface area is 152 Å². The molecule has 2 aromatic carbocycles. The Hall–Kier alpha value is -2.61. The third-order valence-corrected chi connectivity index (χ3v) is 5.13. The maximum Gasteiger partial charge on any atom is 0.233 e. The molecule has 0 spiro atoms. The average molecular weight is 380 g/mol. The molecule has 8 heteroatoms. The number of anilines is 1. The molecule has 26 heavy (non-hydrogen) atoms. The minimum atomic E-state index is -3.71. The SMILES string of the molecule is COc1cccc(NS(=O)(=O)CC(C)C(=O)NCc2ccc(F)cc2)c1. The number of hydrogen-bond acceptors (Lipinski definition) is 4. The van der Waals surface area contributed by atoms with Crippen LogP contribution in [0.1, 0.15) is 12.5 Å². The molecule has 0 saturated heterocycles. The number of amides is 1. The van der Waals surface area contributed by atoms with Crippen LogP contribution in [0, 0.1) is 11.7 Å². The summed E-state index contributed by atoms with van der Waals surface area (Å²) in [7, 11) is -2.22. The first kappa shape index (κ1) is 19.7. The highest BCUT2D eigenvalue weighted by Gasteiger charge is 2.21. The molecule has 1 amide bonds. The Bertz CT molecular complexity index is 854. The molecule has 140 valence electrons. The number of methoxy groups -OCH3 is 1. The van der Waals surface area contributed by atoms with E-state index in [2.05, 4.69) is 10.0 Å². The first-order chi connectivity index (χ1) is 12.3. The number of carbonyl (C=O) groups excluding carboxylic acids is 1. The van der Waals surface area contributed by atoms with Crippen molar-refractivity contribution in [2.24, 2.45) is 5.92 Å². The average Bonchev–Trinajstić information content (AvgIpc) is 2.60. The normalized spacial score (nSPS) is 12.3. The summed E-state index contributed by atoms with van der Waals surface area (Å²) in [6.07, 6.45) is 0. The van der Waals surface area contributed by atoms with Gasteiger partial charge >= 0.3 is 0 Å². The van der Waals surface area contributed by atoms with Crippen LogP contribution in [-0.4, -0.2) is 27.2 Å². The van der Waals surface area contributed by atoms with Gasteiger partial charge in [0.2, 0.25) is 15.9 Å². The molecule has 0 aliphatic heterocycles. The summed E-state index contributed by atoms with van der Waals surface area (Å²) in [4.78, 5) is 12.1. The highest BCUT2D eigenvalue weighted by Crippen LogP contribution is 2.18. The Morgan fingerprint density at radius 2 is 1.88 bits per heavy atom. The van der Waals surface area contributed by atoms with Gasteiger partial charge < -0.3 is 10.1 Å². The summed E-state index contributed by atoms with van der Waals surface area (Å²) < 4.78 is 44.8. The lowest BCUT2D eigenvalue weighted by Crippen LogP contribution is -2.34. The van der Waals surface area contributed by atoms with Crippen molar-refractivity contribution in [3.8, 4) is 5.75 Å². The zero-order valence-corrected chi connectivity index (χ0v) is 15.3. The van der Waals surface area contributed by atoms with E-state index in [0.717, 1.165) is 5.56 Å². The van der Waals surface area contributed by atoms with Crippen LogP contribution in [0.5, 0.6) is 5.75 Å². The van der Waals surface area contributed by atoms with Crippen molar-refractivity contribution in [3.05, 3.63) is 59.9 Å². The van der Waals surface area contributed by atoms with Crippen molar-refractivity contribution < 1.29 is 22.3 Å². The van der Waals surface area contributed by atoms with E-state index in [1.165, 1.54) is 26.2 Å². The molecule has 0 fully saturated rings. The third kappa shape index (κ3) is 6.03. The van der Waals surface area contributed by atoms with E-state index in [1.807, 2.05) is 0 Å². The fourth-order valence-corrected chi connectivity index (χ4v) is 3.66. The molecule has 0 aliphatic rings. The fraction of sp³-hybridized carbons (Fsp3) is 0.278. The van der Waals surface area contributed by atoms with Crippen LogP contribution in [0.2, 0.25) is 0 Å². The summed E-state index contributed by atoms with van der Waals surface area (Å²) in [5.41, 5.74) is 1.09. The quantitative estimate of drug-likeness (QED) is 0.737. The topological polar surface area (TPSA) is 84.5 Å². The summed E-state index contributed by atoms with van der Waals surface area (Å²) >= 11 is 0. The van der Waals surface area contributed by atoms with Crippen LogP contribution in [0.3, 0.4) is 0 Å². The maximum absolute atomic E-state index is 12.9. The van der Waals surface area contributed by atoms with E-state index in [0.29, 0.717) is 11.4 Å². The standard InChI is InChI=1S/C18H21FN2O4S/c1-13(18(22)20-11-14-6-8-15(19)9-7-14)12-26(23,24)21-16-4-3-5-17(10-16)25-2/h3-10,13,21H,11-12H2,1-2H3,(H,20,22). The number of rotatable bonds is 8. The van der Waals surface area contributed by atoms with Gasteiger partial charge in [0.05, 0.1) is 24.5 Å². The number of hydrogen-bond donors (Lipinski definition) is 2. The lowest BCUT2D eigenvalue weighted by Gasteiger charge is -2.14. The van der Waals surface area contributed by atoms with Gasteiger partial charge in [-0.25, -0.2) is 12.8 Å². The zero-order valence-electron chi connectivity index (χ0n) is 14.5. The molecule has 0 heterocycles. The van der Waals surface area contributed by atoms with Crippen LogP contribution in [0.4, 0.5) is 10.1 Å². The Morgan fingerprint density at radius 1 is 1.19 bits per heavy atom. The van der Waals surface area contributed by atoms with Crippen LogP contribution in [0.15, 0.2) is 48.5 Å². The van der Waals surface area contributed by atoms with Crippen molar-refractivity contribution in [2.75, 3.05) is 17.6 Å². The fourth-order valence-electron chi connectivity index (χ4n) is 2.28. The van der Waals surface area contributed by atoms with Crippen molar-refractivity contribution in [3.63, 3.8) is 0 Å². The Kier molecular flexibility index (Phi) is 6.57. The third-order valence-electron chi connectivity index (χ3n) is 3.64. The Morgan fingerprint density at radius 3 is 2.54 bits per heavy atom.